The molecule has 2 aromatic rings. The fourth-order valence-electron chi connectivity index (χ4n) is 2.33. The maximum absolute atomic E-state index is 13.1. The van der Waals surface area contributed by atoms with E-state index in [9.17, 15) is 4.39 Å². The van der Waals surface area contributed by atoms with Gasteiger partial charge in [-0.1, -0.05) is 28.1 Å². The predicted octanol–water partition coefficient (Wildman–Crippen LogP) is 4.10. The first kappa shape index (κ1) is 15.1. The number of hydrogen-bond donors (Lipinski definition) is 1. The largest absolute Gasteiger partial charge is 0.311 e. The number of likely N-dealkylation sites (N-methyl/N-ethyl adjacent to an activating group) is 1. The molecule has 2 nitrogen and oxygen atoms in total. The van der Waals surface area contributed by atoms with Crippen molar-refractivity contribution in [1.82, 2.24) is 10.3 Å². The molecule has 1 N–H and O–H groups in total. The van der Waals surface area contributed by atoms with Gasteiger partial charge in [0.05, 0.1) is 11.7 Å². The van der Waals surface area contributed by atoms with Gasteiger partial charge >= 0.3 is 0 Å². The summed E-state index contributed by atoms with van der Waals surface area (Å²) in [6, 6.07) is 7.04. The highest BCUT2D eigenvalue weighted by atomic mass is 79.9. The molecule has 2 rings (SSSR count). The predicted molar refractivity (Wildman–Crippen MR) is 83.3 cm³/mol. The van der Waals surface area contributed by atoms with Crippen molar-refractivity contribution in [3.63, 3.8) is 0 Å². The minimum Gasteiger partial charge on any atom is -0.311 e. The summed E-state index contributed by atoms with van der Waals surface area (Å²) < 4.78 is 13.9. The Kier molecular flexibility index (Phi) is 4.89. The molecule has 1 aromatic heterocycles. The molecule has 0 saturated carbocycles. The molecule has 0 radical (unpaired) electrons. The second-order valence-electron chi connectivity index (χ2n) is 5.00. The van der Waals surface area contributed by atoms with E-state index in [0.29, 0.717) is 0 Å². The number of hydrogen-bond acceptors (Lipinski definition) is 2. The lowest BCUT2D eigenvalue weighted by Crippen LogP contribution is -2.21. The van der Waals surface area contributed by atoms with Gasteiger partial charge in [-0.05, 0) is 56.1 Å². The van der Waals surface area contributed by atoms with Crippen LogP contribution in [0, 0.1) is 19.7 Å². The van der Waals surface area contributed by atoms with Gasteiger partial charge in [-0.2, -0.15) is 0 Å². The minimum atomic E-state index is -0.230. The number of aryl methyl sites for hydroxylation is 2. The molecule has 20 heavy (non-hydrogen) atoms. The van der Waals surface area contributed by atoms with Crippen molar-refractivity contribution in [2.45, 2.75) is 26.3 Å². The summed E-state index contributed by atoms with van der Waals surface area (Å²) in [5.41, 5.74) is 4.42. The van der Waals surface area contributed by atoms with Crippen molar-refractivity contribution in [3.8, 4) is 0 Å². The fourth-order valence-corrected chi connectivity index (χ4v) is 2.85. The molecule has 106 valence electrons. The maximum atomic E-state index is 13.1. The maximum Gasteiger partial charge on any atom is 0.124 e. The first-order chi connectivity index (χ1) is 9.51. The second kappa shape index (κ2) is 6.46. The number of aromatic nitrogens is 1. The van der Waals surface area contributed by atoms with E-state index >= 15 is 0 Å². The molecule has 1 atom stereocenters. The lowest BCUT2D eigenvalue weighted by Gasteiger charge is -2.19. The highest BCUT2D eigenvalue weighted by molar-refractivity contribution is 9.10. The molecule has 0 spiro atoms. The molecule has 4 heteroatoms. The summed E-state index contributed by atoms with van der Waals surface area (Å²) in [6.07, 6.45) is 2.64. The van der Waals surface area contributed by atoms with Crippen LogP contribution in [0.3, 0.4) is 0 Å². The van der Waals surface area contributed by atoms with Crippen LogP contribution in [0.5, 0.6) is 0 Å². The van der Waals surface area contributed by atoms with Crippen molar-refractivity contribution in [3.05, 3.63) is 63.1 Å². The van der Waals surface area contributed by atoms with Gasteiger partial charge in [-0.3, -0.25) is 4.98 Å². The Bertz CT molecular complexity index is 613. The summed E-state index contributed by atoms with van der Waals surface area (Å²) in [7, 11) is 1.92. The van der Waals surface area contributed by atoms with Gasteiger partial charge in [0.2, 0.25) is 0 Å². The van der Waals surface area contributed by atoms with Crippen LogP contribution in [-0.4, -0.2) is 12.0 Å². The zero-order valence-corrected chi connectivity index (χ0v) is 13.5. The molecule has 0 aliphatic rings. The quantitative estimate of drug-likeness (QED) is 0.908. The van der Waals surface area contributed by atoms with Crippen LogP contribution in [0.15, 0.2) is 34.9 Å². The van der Waals surface area contributed by atoms with Crippen LogP contribution in [0.1, 0.15) is 28.4 Å². The summed E-state index contributed by atoms with van der Waals surface area (Å²) >= 11 is 3.42. The number of nitrogens with one attached hydrogen (secondary N) is 1. The van der Waals surface area contributed by atoms with Crippen LogP contribution >= 0.6 is 15.9 Å². The lowest BCUT2D eigenvalue weighted by molar-refractivity contribution is 0.569. The second-order valence-corrected chi connectivity index (χ2v) is 5.85. The Hall–Kier alpha value is -1.26. The van der Waals surface area contributed by atoms with Crippen molar-refractivity contribution in [2.24, 2.45) is 0 Å². The number of halogens is 2. The average molecular weight is 337 g/mol. The van der Waals surface area contributed by atoms with Crippen molar-refractivity contribution >= 4 is 15.9 Å². The Labute approximate surface area is 127 Å². The van der Waals surface area contributed by atoms with Gasteiger partial charge in [-0.25, -0.2) is 4.39 Å². The number of pyridine rings is 1. The minimum absolute atomic E-state index is 0.109. The molecular formula is C16H18BrFN2. The Balaban J connectivity index is 2.28. The molecule has 0 aliphatic heterocycles. The van der Waals surface area contributed by atoms with E-state index < -0.39 is 0 Å². The molecule has 0 bridgehead atoms. The molecule has 0 saturated heterocycles. The molecular weight excluding hydrogens is 319 g/mol. The summed E-state index contributed by atoms with van der Waals surface area (Å²) in [6.45, 7) is 4.11. The molecule has 1 aromatic carbocycles. The Morgan fingerprint density at radius 1 is 1.30 bits per heavy atom. The number of nitrogens with zero attached hydrogens (tertiary/aromatic N) is 1. The normalized spacial score (nSPS) is 12.4. The standard InChI is InChI=1S/C16H18BrFN2/c1-10-6-11(2)16(20-9-10)15(19-3)7-12-4-5-13(18)8-14(12)17/h4-6,8-9,15,19H,7H2,1-3H3. The zero-order valence-electron chi connectivity index (χ0n) is 11.9. The van der Waals surface area contributed by atoms with Gasteiger partial charge in [0, 0.05) is 10.7 Å². The van der Waals surface area contributed by atoms with Crippen LogP contribution in [0.4, 0.5) is 4.39 Å². The Morgan fingerprint density at radius 2 is 2.05 bits per heavy atom. The number of rotatable bonds is 4. The van der Waals surface area contributed by atoms with Crippen molar-refractivity contribution in [1.29, 1.82) is 0 Å². The third kappa shape index (κ3) is 3.44. The summed E-state index contributed by atoms with van der Waals surface area (Å²) in [5, 5.41) is 3.29. The van der Waals surface area contributed by atoms with E-state index in [1.807, 2.05) is 26.2 Å². The molecule has 1 heterocycles. The first-order valence-electron chi connectivity index (χ1n) is 6.55. The van der Waals surface area contributed by atoms with E-state index in [4.69, 9.17) is 0 Å². The smallest absolute Gasteiger partial charge is 0.124 e. The van der Waals surface area contributed by atoms with Crippen LogP contribution in [0.2, 0.25) is 0 Å². The lowest BCUT2D eigenvalue weighted by atomic mass is 9.99. The Morgan fingerprint density at radius 3 is 2.65 bits per heavy atom. The van der Waals surface area contributed by atoms with Gasteiger partial charge < -0.3 is 5.32 Å². The fraction of sp³-hybridized carbons (Fsp3) is 0.312. The highest BCUT2D eigenvalue weighted by Gasteiger charge is 2.15. The van der Waals surface area contributed by atoms with Gasteiger partial charge in [0.15, 0.2) is 0 Å². The van der Waals surface area contributed by atoms with Crippen LogP contribution in [0.25, 0.3) is 0 Å². The van der Waals surface area contributed by atoms with Gasteiger partial charge in [0.25, 0.3) is 0 Å². The topological polar surface area (TPSA) is 24.9 Å². The SMILES string of the molecule is CNC(Cc1ccc(F)cc1Br)c1ncc(C)cc1C. The first-order valence-corrected chi connectivity index (χ1v) is 7.35. The third-order valence-corrected chi connectivity index (χ3v) is 4.11. The van der Waals surface area contributed by atoms with E-state index in [1.54, 1.807) is 0 Å². The van der Waals surface area contributed by atoms with E-state index in [0.717, 1.165) is 27.7 Å². The monoisotopic (exact) mass is 336 g/mol. The highest BCUT2D eigenvalue weighted by Crippen LogP contribution is 2.25. The molecule has 1 unspecified atom stereocenters. The summed E-state index contributed by atoms with van der Waals surface area (Å²) in [4.78, 5) is 4.54. The van der Waals surface area contributed by atoms with Crippen LogP contribution in [-0.2, 0) is 6.42 Å². The van der Waals surface area contributed by atoms with E-state index in [1.165, 1.54) is 17.7 Å². The van der Waals surface area contributed by atoms with Crippen molar-refractivity contribution < 1.29 is 4.39 Å². The average Bonchev–Trinajstić information content (AvgIpc) is 2.39. The number of benzene rings is 1. The summed E-state index contributed by atoms with van der Waals surface area (Å²) in [5.74, 6) is -0.230. The zero-order chi connectivity index (χ0) is 14.7. The molecule has 0 amide bonds. The van der Waals surface area contributed by atoms with E-state index in [-0.39, 0.29) is 11.9 Å². The van der Waals surface area contributed by atoms with Crippen LogP contribution < -0.4 is 5.32 Å². The third-order valence-electron chi connectivity index (χ3n) is 3.37. The van der Waals surface area contributed by atoms with Gasteiger partial charge in [-0.15, -0.1) is 0 Å². The van der Waals surface area contributed by atoms with Crippen molar-refractivity contribution in [2.75, 3.05) is 7.05 Å². The molecule has 0 fully saturated rings. The van der Waals surface area contributed by atoms with E-state index in [2.05, 4.69) is 39.2 Å². The van der Waals surface area contributed by atoms with Gasteiger partial charge in [0.1, 0.15) is 5.82 Å². The molecule has 0 aliphatic carbocycles.